The van der Waals surface area contributed by atoms with Crippen molar-refractivity contribution in [3.63, 3.8) is 0 Å². The molecule has 1 rings (SSSR count). The predicted octanol–water partition coefficient (Wildman–Crippen LogP) is 3.58. The maximum absolute atomic E-state index is 12.3. The van der Waals surface area contributed by atoms with Crippen LogP contribution in [0.3, 0.4) is 0 Å². The van der Waals surface area contributed by atoms with Crippen LogP contribution in [0.5, 0.6) is 0 Å². The van der Waals surface area contributed by atoms with E-state index in [0.717, 1.165) is 12.5 Å². The highest BCUT2D eigenvalue weighted by Crippen LogP contribution is 2.22. The molecule has 0 aliphatic carbocycles. The Hall–Kier alpha value is -0.770. The van der Waals surface area contributed by atoms with Gasteiger partial charge in [0.15, 0.2) is 0 Å². The highest BCUT2D eigenvalue weighted by atomic mass is 35.5. The van der Waals surface area contributed by atoms with E-state index in [4.69, 9.17) is 11.6 Å². The molecule has 0 aliphatic rings. The second-order valence-electron chi connectivity index (χ2n) is 3.08. The van der Waals surface area contributed by atoms with Gasteiger partial charge in [-0.15, -0.1) is 0 Å². The molecule has 5 heteroatoms. The van der Waals surface area contributed by atoms with E-state index in [1.54, 1.807) is 0 Å². The molecular formula is C9H11ClF2N2. The molecule has 0 bridgehead atoms. The summed E-state index contributed by atoms with van der Waals surface area (Å²) in [7, 11) is 0. The molecule has 14 heavy (non-hydrogen) atoms. The van der Waals surface area contributed by atoms with Gasteiger partial charge in [0.25, 0.3) is 6.43 Å². The SMILES string of the molecule is CCC(C)c1nc(Cl)cc(C(F)F)n1. The van der Waals surface area contributed by atoms with Crippen LogP contribution in [0.4, 0.5) is 8.78 Å². The lowest BCUT2D eigenvalue weighted by atomic mass is 10.1. The molecule has 78 valence electrons. The Bertz CT molecular complexity index is 318. The summed E-state index contributed by atoms with van der Waals surface area (Å²) in [6.45, 7) is 3.82. The van der Waals surface area contributed by atoms with Crippen LogP contribution < -0.4 is 0 Å². The Kier molecular flexibility index (Phi) is 3.75. The summed E-state index contributed by atoms with van der Waals surface area (Å²) in [5.74, 6) is 0.432. The molecule has 0 fully saturated rings. The Morgan fingerprint density at radius 1 is 1.43 bits per heavy atom. The number of alkyl halides is 2. The van der Waals surface area contributed by atoms with Gasteiger partial charge in [-0.1, -0.05) is 25.4 Å². The van der Waals surface area contributed by atoms with Crippen LogP contribution >= 0.6 is 11.6 Å². The molecule has 0 saturated carbocycles. The van der Waals surface area contributed by atoms with Gasteiger partial charge in [0.2, 0.25) is 0 Å². The van der Waals surface area contributed by atoms with Crippen molar-refractivity contribution in [2.24, 2.45) is 0 Å². The fourth-order valence-corrected chi connectivity index (χ4v) is 1.17. The number of rotatable bonds is 3. The summed E-state index contributed by atoms with van der Waals surface area (Å²) in [4.78, 5) is 7.67. The molecule has 1 aromatic heterocycles. The molecule has 1 heterocycles. The van der Waals surface area contributed by atoms with E-state index >= 15 is 0 Å². The molecule has 1 aromatic rings. The van der Waals surface area contributed by atoms with Crippen molar-refractivity contribution in [3.8, 4) is 0 Å². The molecule has 0 N–H and O–H groups in total. The first-order valence-electron chi connectivity index (χ1n) is 4.37. The molecule has 1 unspecified atom stereocenters. The Morgan fingerprint density at radius 3 is 2.57 bits per heavy atom. The third kappa shape index (κ3) is 2.61. The van der Waals surface area contributed by atoms with Gasteiger partial charge in [0.05, 0.1) is 0 Å². The predicted molar refractivity (Wildman–Crippen MR) is 50.7 cm³/mol. The van der Waals surface area contributed by atoms with E-state index in [1.807, 2.05) is 13.8 Å². The monoisotopic (exact) mass is 220 g/mol. The van der Waals surface area contributed by atoms with E-state index in [0.29, 0.717) is 5.82 Å². The zero-order valence-corrected chi connectivity index (χ0v) is 8.72. The maximum atomic E-state index is 12.3. The van der Waals surface area contributed by atoms with Crippen LogP contribution in [0.1, 0.15) is 44.1 Å². The maximum Gasteiger partial charge on any atom is 0.280 e. The van der Waals surface area contributed by atoms with Crippen LogP contribution in [0.15, 0.2) is 6.07 Å². The van der Waals surface area contributed by atoms with Crippen molar-refractivity contribution in [3.05, 3.63) is 22.7 Å². The molecule has 0 aromatic carbocycles. The first-order valence-corrected chi connectivity index (χ1v) is 4.75. The third-order valence-corrected chi connectivity index (χ3v) is 2.20. The lowest BCUT2D eigenvalue weighted by Crippen LogP contribution is -2.03. The minimum Gasteiger partial charge on any atom is -0.232 e. The van der Waals surface area contributed by atoms with E-state index in [9.17, 15) is 8.78 Å². The van der Waals surface area contributed by atoms with Crippen molar-refractivity contribution >= 4 is 11.6 Å². The van der Waals surface area contributed by atoms with Crippen LogP contribution in [0, 0.1) is 0 Å². The van der Waals surface area contributed by atoms with E-state index in [2.05, 4.69) is 9.97 Å². The Morgan fingerprint density at radius 2 is 2.07 bits per heavy atom. The highest BCUT2D eigenvalue weighted by molar-refractivity contribution is 6.29. The van der Waals surface area contributed by atoms with Gasteiger partial charge in [-0.2, -0.15) is 0 Å². The molecule has 2 nitrogen and oxygen atoms in total. The molecule has 0 aliphatic heterocycles. The van der Waals surface area contributed by atoms with Crippen molar-refractivity contribution in [1.29, 1.82) is 0 Å². The number of hydrogen-bond acceptors (Lipinski definition) is 2. The van der Waals surface area contributed by atoms with Crippen LogP contribution in [-0.2, 0) is 0 Å². The number of nitrogens with zero attached hydrogens (tertiary/aromatic N) is 2. The fraction of sp³-hybridized carbons (Fsp3) is 0.556. The van der Waals surface area contributed by atoms with Gasteiger partial charge in [-0.25, -0.2) is 18.7 Å². The summed E-state index contributed by atoms with van der Waals surface area (Å²) >= 11 is 5.61. The average Bonchev–Trinajstić information content (AvgIpc) is 2.15. The van der Waals surface area contributed by atoms with Crippen molar-refractivity contribution in [1.82, 2.24) is 9.97 Å². The topological polar surface area (TPSA) is 25.8 Å². The minimum absolute atomic E-state index is 0.0474. The highest BCUT2D eigenvalue weighted by Gasteiger charge is 2.14. The van der Waals surface area contributed by atoms with Gasteiger partial charge in [-0.05, 0) is 6.42 Å². The van der Waals surface area contributed by atoms with Crippen molar-refractivity contribution < 1.29 is 8.78 Å². The lowest BCUT2D eigenvalue weighted by molar-refractivity contribution is 0.145. The zero-order valence-electron chi connectivity index (χ0n) is 7.97. The number of aromatic nitrogens is 2. The summed E-state index contributed by atoms with van der Waals surface area (Å²) in [5, 5.41) is 0.0746. The van der Waals surface area contributed by atoms with Crippen LogP contribution in [-0.4, -0.2) is 9.97 Å². The van der Waals surface area contributed by atoms with Crippen LogP contribution in [0.25, 0.3) is 0 Å². The summed E-state index contributed by atoms with van der Waals surface area (Å²) in [6, 6.07) is 1.10. The summed E-state index contributed by atoms with van der Waals surface area (Å²) in [6.07, 6.45) is -1.80. The first kappa shape index (κ1) is 11.3. The van der Waals surface area contributed by atoms with E-state index in [1.165, 1.54) is 0 Å². The van der Waals surface area contributed by atoms with Gasteiger partial charge < -0.3 is 0 Å². The molecule has 0 amide bonds. The minimum atomic E-state index is -2.60. The van der Waals surface area contributed by atoms with Gasteiger partial charge in [0, 0.05) is 12.0 Å². The quantitative estimate of drug-likeness (QED) is 0.728. The lowest BCUT2D eigenvalue weighted by Gasteiger charge is -2.08. The molecule has 0 spiro atoms. The second kappa shape index (κ2) is 4.64. The zero-order chi connectivity index (χ0) is 10.7. The summed E-state index contributed by atoms with van der Waals surface area (Å²) in [5.41, 5.74) is -0.305. The van der Waals surface area contributed by atoms with E-state index in [-0.39, 0.29) is 16.8 Å². The summed E-state index contributed by atoms with van der Waals surface area (Å²) < 4.78 is 24.7. The standard InChI is InChI=1S/C9H11ClF2N2/c1-3-5(2)9-13-6(8(11)12)4-7(10)14-9/h4-5,8H,3H2,1-2H3. The average molecular weight is 221 g/mol. The van der Waals surface area contributed by atoms with Crippen molar-refractivity contribution in [2.45, 2.75) is 32.6 Å². The number of hydrogen-bond donors (Lipinski definition) is 0. The Labute approximate surface area is 86.3 Å². The number of halogens is 3. The normalized spacial score (nSPS) is 13.3. The molecular weight excluding hydrogens is 210 g/mol. The smallest absolute Gasteiger partial charge is 0.232 e. The molecule has 0 saturated heterocycles. The second-order valence-corrected chi connectivity index (χ2v) is 3.47. The third-order valence-electron chi connectivity index (χ3n) is 2.01. The van der Waals surface area contributed by atoms with Crippen molar-refractivity contribution in [2.75, 3.05) is 0 Å². The fourth-order valence-electron chi connectivity index (χ4n) is 0.968. The first-order chi connectivity index (χ1) is 6.54. The molecule has 0 radical (unpaired) electrons. The van der Waals surface area contributed by atoms with E-state index < -0.39 is 6.43 Å². The van der Waals surface area contributed by atoms with Crippen LogP contribution in [0.2, 0.25) is 5.15 Å². The van der Waals surface area contributed by atoms with Gasteiger partial charge in [-0.3, -0.25) is 0 Å². The Balaban J connectivity index is 3.07. The van der Waals surface area contributed by atoms with Gasteiger partial charge in [0.1, 0.15) is 16.7 Å². The van der Waals surface area contributed by atoms with Gasteiger partial charge >= 0.3 is 0 Å². The largest absolute Gasteiger partial charge is 0.280 e. The molecule has 1 atom stereocenters.